The Morgan fingerprint density at radius 2 is 1.80 bits per heavy atom. The lowest BCUT2D eigenvalue weighted by molar-refractivity contribution is -0.265. The van der Waals surface area contributed by atoms with Gasteiger partial charge in [0.25, 0.3) is 5.91 Å². The fourth-order valence-electron chi connectivity index (χ4n) is 4.83. The van der Waals surface area contributed by atoms with Crippen LogP contribution in [0.4, 0.5) is 17.6 Å². The Kier molecular flexibility index (Phi) is 11.2. The van der Waals surface area contributed by atoms with E-state index < -0.39 is 47.0 Å². The molecule has 0 spiro atoms. The fourth-order valence-corrected chi connectivity index (χ4v) is 4.83. The summed E-state index contributed by atoms with van der Waals surface area (Å²) in [5.41, 5.74) is -5.64. The number of aromatic hydroxyl groups is 1. The van der Waals surface area contributed by atoms with Gasteiger partial charge in [-0.3, -0.25) is 4.79 Å². The molecule has 2 atom stereocenters. The van der Waals surface area contributed by atoms with Gasteiger partial charge in [-0.1, -0.05) is 13.8 Å². The van der Waals surface area contributed by atoms with Crippen molar-refractivity contribution < 1.29 is 47.1 Å². The minimum atomic E-state index is -5.31. The number of pyridine rings is 1. The standard InChI is InChI=1S/C29H31F4N3O6.C2H6/c1-27(10-3-11-35-27)20-15-23(36-24(25(20)38)17-4-7-19(30)8-5-17)28(40,29(31,32)33)16-34-26(39)18-6-9-21(42-13-12-37)22(14-18)41-2;1-2/h4-9,14-15,35,37-38,40H,3,10-13,16H2,1-2H3,(H,34,39);1-2H3. The summed E-state index contributed by atoms with van der Waals surface area (Å²) in [4.78, 5) is 16.9. The Hall–Kier alpha value is -3.94. The van der Waals surface area contributed by atoms with Crippen molar-refractivity contribution in [3.05, 3.63) is 71.2 Å². The van der Waals surface area contributed by atoms with Crippen molar-refractivity contribution in [2.45, 2.75) is 50.9 Å². The van der Waals surface area contributed by atoms with Gasteiger partial charge in [0.2, 0.25) is 5.60 Å². The van der Waals surface area contributed by atoms with Gasteiger partial charge in [0.05, 0.1) is 26.0 Å². The highest BCUT2D eigenvalue weighted by atomic mass is 19.4. The van der Waals surface area contributed by atoms with E-state index in [4.69, 9.17) is 14.6 Å². The van der Waals surface area contributed by atoms with Crippen molar-refractivity contribution in [3.8, 4) is 28.5 Å². The zero-order chi connectivity index (χ0) is 32.7. The van der Waals surface area contributed by atoms with Crippen molar-refractivity contribution in [1.29, 1.82) is 0 Å². The van der Waals surface area contributed by atoms with E-state index in [1.54, 1.807) is 6.92 Å². The summed E-state index contributed by atoms with van der Waals surface area (Å²) in [6.07, 6.45) is -4.15. The minimum Gasteiger partial charge on any atom is -0.505 e. The maximum absolute atomic E-state index is 14.6. The largest absolute Gasteiger partial charge is 0.505 e. The summed E-state index contributed by atoms with van der Waals surface area (Å²) in [5, 5.41) is 36.6. The molecule has 1 saturated heterocycles. The number of aliphatic hydroxyl groups is 2. The molecule has 9 nitrogen and oxygen atoms in total. The molecule has 1 aliphatic rings. The number of nitrogens with zero attached hydrogens (tertiary/aromatic N) is 1. The van der Waals surface area contributed by atoms with Gasteiger partial charge in [-0.15, -0.1) is 0 Å². The first kappa shape index (κ1) is 34.5. The molecule has 2 unspecified atom stereocenters. The van der Waals surface area contributed by atoms with Crippen molar-refractivity contribution in [2.24, 2.45) is 0 Å². The molecule has 1 aliphatic heterocycles. The normalized spacial score (nSPS) is 17.7. The maximum Gasteiger partial charge on any atom is 0.424 e. The maximum atomic E-state index is 14.6. The topological polar surface area (TPSA) is 133 Å². The third-order valence-corrected chi connectivity index (χ3v) is 7.25. The number of hydrogen-bond acceptors (Lipinski definition) is 8. The quantitative estimate of drug-likeness (QED) is 0.204. The number of methoxy groups -OCH3 is 1. The molecule has 13 heteroatoms. The Morgan fingerprint density at radius 3 is 2.36 bits per heavy atom. The van der Waals surface area contributed by atoms with Gasteiger partial charge in [0, 0.05) is 22.2 Å². The molecule has 3 aromatic rings. The van der Waals surface area contributed by atoms with Crippen LogP contribution in [0.1, 0.15) is 55.2 Å². The lowest BCUT2D eigenvalue weighted by atomic mass is 9.85. The third-order valence-electron chi connectivity index (χ3n) is 7.25. The average Bonchev–Trinajstić information content (AvgIpc) is 3.46. The second kappa shape index (κ2) is 14.2. The molecular formula is C31H37F4N3O6. The zero-order valence-corrected chi connectivity index (χ0v) is 24.9. The second-order valence-electron chi connectivity index (χ2n) is 10.1. The highest BCUT2D eigenvalue weighted by molar-refractivity contribution is 5.95. The van der Waals surface area contributed by atoms with E-state index in [0.29, 0.717) is 19.4 Å². The van der Waals surface area contributed by atoms with Crippen LogP contribution < -0.4 is 20.1 Å². The first-order chi connectivity index (χ1) is 20.8. The van der Waals surface area contributed by atoms with E-state index >= 15 is 0 Å². The molecule has 0 radical (unpaired) electrons. The van der Waals surface area contributed by atoms with E-state index in [-0.39, 0.29) is 47.1 Å². The van der Waals surface area contributed by atoms with Crippen LogP contribution >= 0.6 is 0 Å². The number of alkyl halides is 3. The molecule has 44 heavy (non-hydrogen) atoms. The molecule has 0 bridgehead atoms. The van der Waals surface area contributed by atoms with E-state index in [0.717, 1.165) is 18.2 Å². The third kappa shape index (κ3) is 7.22. The highest BCUT2D eigenvalue weighted by Gasteiger charge is 2.57. The number of amides is 1. The Labute approximate surface area is 252 Å². The molecule has 0 saturated carbocycles. The minimum absolute atomic E-state index is 0.0450. The monoisotopic (exact) mass is 623 g/mol. The van der Waals surface area contributed by atoms with Crippen molar-refractivity contribution >= 4 is 5.91 Å². The molecule has 1 aromatic heterocycles. The number of ether oxygens (including phenoxy) is 2. The number of halogens is 4. The molecule has 2 aromatic carbocycles. The number of carbonyl (C=O) groups is 1. The zero-order valence-electron chi connectivity index (χ0n) is 24.9. The Balaban J connectivity index is 0.00000259. The second-order valence-corrected chi connectivity index (χ2v) is 10.1. The van der Waals surface area contributed by atoms with E-state index in [2.05, 4.69) is 15.6 Å². The SMILES string of the molecule is CC.COc1cc(C(=O)NCC(O)(c2cc(C3(C)CCCN3)c(O)c(-c3ccc(F)cc3)n2)C(F)(F)F)ccc1OCCO. The lowest BCUT2D eigenvalue weighted by Gasteiger charge is -2.33. The first-order valence-corrected chi connectivity index (χ1v) is 14.1. The number of carbonyl (C=O) groups excluding carboxylic acids is 1. The van der Waals surface area contributed by atoms with Gasteiger partial charge in [0.1, 0.15) is 23.9 Å². The molecular weight excluding hydrogens is 586 g/mol. The van der Waals surface area contributed by atoms with Gasteiger partial charge in [-0.05, 0) is 74.8 Å². The van der Waals surface area contributed by atoms with Crippen LogP contribution in [0, 0.1) is 5.82 Å². The smallest absolute Gasteiger partial charge is 0.424 e. The van der Waals surface area contributed by atoms with Gasteiger partial charge < -0.3 is 35.4 Å². The molecule has 240 valence electrons. The van der Waals surface area contributed by atoms with E-state index in [1.165, 1.54) is 37.4 Å². The van der Waals surface area contributed by atoms with E-state index in [1.807, 2.05) is 13.8 Å². The molecule has 1 amide bonds. The first-order valence-electron chi connectivity index (χ1n) is 14.1. The average molecular weight is 624 g/mol. The Bertz CT molecular complexity index is 1430. The van der Waals surface area contributed by atoms with Crippen molar-refractivity contribution in [1.82, 2.24) is 15.6 Å². The number of nitrogens with one attached hydrogen (secondary N) is 2. The van der Waals surface area contributed by atoms with E-state index in [9.17, 15) is 32.6 Å². The molecule has 1 fully saturated rings. The molecule has 2 heterocycles. The van der Waals surface area contributed by atoms with Crippen LogP contribution in [-0.4, -0.2) is 65.8 Å². The van der Waals surface area contributed by atoms with Crippen molar-refractivity contribution in [2.75, 3.05) is 33.4 Å². The molecule has 4 rings (SSSR count). The van der Waals surface area contributed by atoms with Crippen LogP contribution in [0.15, 0.2) is 48.5 Å². The number of aliphatic hydroxyl groups excluding tert-OH is 1. The van der Waals surface area contributed by atoms with Gasteiger partial charge >= 0.3 is 6.18 Å². The summed E-state index contributed by atoms with van der Waals surface area (Å²) >= 11 is 0. The number of benzene rings is 2. The summed E-state index contributed by atoms with van der Waals surface area (Å²) in [7, 11) is 1.30. The highest BCUT2D eigenvalue weighted by Crippen LogP contribution is 2.45. The molecule has 5 N–H and O–H groups in total. The van der Waals surface area contributed by atoms with Crippen molar-refractivity contribution in [3.63, 3.8) is 0 Å². The summed E-state index contributed by atoms with van der Waals surface area (Å²) in [6.45, 7) is 4.63. The van der Waals surface area contributed by atoms with Gasteiger partial charge in [-0.25, -0.2) is 9.37 Å². The van der Waals surface area contributed by atoms with Crippen LogP contribution in [-0.2, 0) is 11.1 Å². The Morgan fingerprint density at radius 1 is 1.11 bits per heavy atom. The van der Waals surface area contributed by atoms with Gasteiger partial charge in [0.15, 0.2) is 11.5 Å². The lowest BCUT2D eigenvalue weighted by Crippen LogP contribution is -2.51. The number of aromatic nitrogens is 1. The number of rotatable bonds is 10. The predicted molar refractivity (Wildman–Crippen MR) is 155 cm³/mol. The van der Waals surface area contributed by atoms with Crippen LogP contribution in [0.2, 0.25) is 0 Å². The van der Waals surface area contributed by atoms with Crippen LogP contribution in [0.3, 0.4) is 0 Å². The predicted octanol–water partition coefficient (Wildman–Crippen LogP) is 4.78. The molecule has 0 aliphatic carbocycles. The number of hydrogen-bond donors (Lipinski definition) is 5. The van der Waals surface area contributed by atoms with Gasteiger partial charge in [-0.2, -0.15) is 13.2 Å². The summed E-state index contributed by atoms with van der Waals surface area (Å²) in [5.74, 6) is -1.65. The van der Waals surface area contributed by atoms with Crippen LogP contribution in [0.25, 0.3) is 11.3 Å². The fraction of sp³-hybridized carbons (Fsp3) is 0.419. The van der Waals surface area contributed by atoms with Crippen LogP contribution in [0.5, 0.6) is 17.2 Å². The summed E-state index contributed by atoms with van der Waals surface area (Å²) in [6, 6.07) is 9.52. The summed E-state index contributed by atoms with van der Waals surface area (Å²) < 4.78 is 67.9.